The summed E-state index contributed by atoms with van der Waals surface area (Å²) in [6.45, 7) is 0. The highest BCUT2D eigenvalue weighted by Crippen LogP contribution is 2.43. The highest BCUT2D eigenvalue weighted by molar-refractivity contribution is 6.14. The lowest BCUT2D eigenvalue weighted by Gasteiger charge is -2.18. The Kier molecular flexibility index (Phi) is 7.65. The zero-order chi connectivity index (χ0) is 43.5. The van der Waals surface area contributed by atoms with Crippen molar-refractivity contribution in [3.05, 3.63) is 224 Å². The van der Waals surface area contributed by atoms with Crippen LogP contribution in [0.3, 0.4) is 0 Å². The van der Waals surface area contributed by atoms with E-state index in [1.807, 2.05) is 24.4 Å². The van der Waals surface area contributed by atoms with Crippen LogP contribution < -0.4 is 0 Å². The van der Waals surface area contributed by atoms with Crippen molar-refractivity contribution in [2.24, 2.45) is 0 Å². The number of hydrogen-bond acceptors (Lipinski definition) is 2. The van der Waals surface area contributed by atoms with Crippen LogP contribution in [0.5, 0.6) is 0 Å². The number of aromatic nitrogens is 5. The molecule has 6 nitrogen and oxygen atoms in total. The molecule has 306 valence electrons. The van der Waals surface area contributed by atoms with Gasteiger partial charge in [0.25, 0.3) is 0 Å². The summed E-state index contributed by atoms with van der Waals surface area (Å²) >= 11 is 0. The standard InChI is InChI=1S/C60H36N6/c61-37-38-27-30-58(65-54-24-11-5-18-45(54)47-35-39(28-31-56(47)65)63-50-20-7-1-14-41(50)42-15-2-8-21-51(42)63)49(34-38)60-59(26-13-33-62-60)66-55-25-12-6-19-46(55)48-36-40(29-32-57(48)66)64-52-22-9-3-16-43(52)44-17-4-10-23-53(44)64/h1-36H. The number of fused-ring (bicyclic) bond motifs is 12. The van der Waals surface area contributed by atoms with Gasteiger partial charge in [0.2, 0.25) is 0 Å². The summed E-state index contributed by atoms with van der Waals surface area (Å²) in [4.78, 5) is 5.21. The molecular formula is C60H36N6. The molecule has 0 saturated heterocycles. The number of hydrogen-bond donors (Lipinski definition) is 0. The van der Waals surface area contributed by atoms with Gasteiger partial charge < -0.3 is 18.3 Å². The Morgan fingerprint density at radius 1 is 0.318 bits per heavy atom. The first kappa shape index (κ1) is 36.3. The molecule has 0 aliphatic heterocycles. The molecule has 0 fully saturated rings. The second-order valence-corrected chi connectivity index (χ2v) is 17.1. The smallest absolute Gasteiger partial charge is 0.0991 e. The number of nitrogens with zero attached hydrogens (tertiary/aromatic N) is 6. The van der Waals surface area contributed by atoms with Gasteiger partial charge in [-0.1, -0.05) is 109 Å². The molecule has 0 bridgehead atoms. The molecule has 66 heavy (non-hydrogen) atoms. The third kappa shape index (κ3) is 5.08. The molecule has 14 aromatic rings. The van der Waals surface area contributed by atoms with E-state index >= 15 is 0 Å². The Bertz CT molecular complexity index is 4270. The number of para-hydroxylation sites is 6. The van der Waals surface area contributed by atoms with Gasteiger partial charge in [-0.05, 0) is 103 Å². The first-order valence-corrected chi connectivity index (χ1v) is 22.3. The average Bonchev–Trinajstić information content (AvgIpc) is 4.11. The van der Waals surface area contributed by atoms with E-state index < -0.39 is 0 Å². The van der Waals surface area contributed by atoms with Crippen LogP contribution in [-0.4, -0.2) is 23.3 Å². The maximum atomic E-state index is 10.4. The van der Waals surface area contributed by atoms with Crippen LogP contribution in [0, 0.1) is 11.3 Å². The molecular weight excluding hydrogens is 805 g/mol. The predicted molar refractivity (Wildman–Crippen MR) is 272 cm³/mol. The lowest BCUT2D eigenvalue weighted by atomic mass is 10.0. The first-order chi connectivity index (χ1) is 32.7. The Hall–Kier alpha value is -9.18. The van der Waals surface area contributed by atoms with Crippen LogP contribution in [-0.2, 0) is 0 Å². The predicted octanol–water partition coefficient (Wildman–Crippen LogP) is 15.0. The normalized spacial score (nSPS) is 11.9. The number of rotatable bonds is 5. The molecule has 9 aromatic carbocycles. The van der Waals surface area contributed by atoms with Gasteiger partial charge in [-0.25, -0.2) is 0 Å². The van der Waals surface area contributed by atoms with Gasteiger partial charge in [-0.15, -0.1) is 0 Å². The molecule has 0 unspecified atom stereocenters. The number of pyridine rings is 1. The van der Waals surface area contributed by atoms with Gasteiger partial charge in [0.1, 0.15) is 0 Å². The van der Waals surface area contributed by atoms with Crippen molar-refractivity contribution in [3.63, 3.8) is 0 Å². The molecule has 0 amide bonds. The van der Waals surface area contributed by atoms with Crippen molar-refractivity contribution >= 4 is 87.2 Å². The fraction of sp³-hybridized carbons (Fsp3) is 0. The van der Waals surface area contributed by atoms with E-state index in [0.29, 0.717) is 5.56 Å². The van der Waals surface area contributed by atoms with Gasteiger partial charge >= 0.3 is 0 Å². The van der Waals surface area contributed by atoms with Crippen LogP contribution in [0.1, 0.15) is 5.56 Å². The van der Waals surface area contributed by atoms with E-state index in [1.54, 1.807) is 0 Å². The van der Waals surface area contributed by atoms with Crippen molar-refractivity contribution in [2.75, 3.05) is 0 Å². The molecule has 0 saturated carbocycles. The zero-order valence-corrected chi connectivity index (χ0v) is 35.5. The van der Waals surface area contributed by atoms with Gasteiger partial charge in [-0.2, -0.15) is 5.26 Å². The van der Waals surface area contributed by atoms with E-state index in [-0.39, 0.29) is 0 Å². The Labute approximate surface area is 378 Å². The van der Waals surface area contributed by atoms with Crippen LogP contribution in [0.25, 0.3) is 121 Å². The Balaban J connectivity index is 0.993. The molecule has 5 heterocycles. The number of nitriles is 1. The monoisotopic (exact) mass is 840 g/mol. The van der Waals surface area contributed by atoms with Crippen LogP contribution in [0.4, 0.5) is 0 Å². The second kappa shape index (κ2) is 13.9. The van der Waals surface area contributed by atoms with E-state index in [0.717, 1.165) is 77.6 Å². The zero-order valence-electron chi connectivity index (χ0n) is 35.5. The van der Waals surface area contributed by atoms with E-state index in [9.17, 15) is 5.26 Å². The summed E-state index contributed by atoms with van der Waals surface area (Å²) in [7, 11) is 0. The van der Waals surface area contributed by atoms with Crippen LogP contribution in [0.15, 0.2) is 219 Å². The molecule has 0 spiro atoms. The minimum Gasteiger partial charge on any atom is -0.309 e. The first-order valence-electron chi connectivity index (χ1n) is 22.3. The molecule has 0 radical (unpaired) electrons. The third-order valence-corrected chi connectivity index (χ3v) is 13.6. The lowest BCUT2D eigenvalue weighted by Crippen LogP contribution is -2.03. The van der Waals surface area contributed by atoms with Gasteiger partial charge in [0.05, 0.1) is 72.8 Å². The summed E-state index contributed by atoms with van der Waals surface area (Å²) in [5.41, 5.74) is 15.3. The van der Waals surface area contributed by atoms with Crippen molar-refractivity contribution in [1.29, 1.82) is 5.26 Å². The van der Waals surface area contributed by atoms with Crippen molar-refractivity contribution in [1.82, 2.24) is 23.3 Å². The SMILES string of the molecule is N#Cc1ccc(-n2c3ccccc3c3cc(-n4c5ccccc5c5ccccc54)ccc32)c(-c2ncccc2-n2c3ccccc3c3cc(-n4c5ccccc5c5ccccc54)ccc32)c1. The van der Waals surface area contributed by atoms with Crippen LogP contribution in [0.2, 0.25) is 0 Å². The average molecular weight is 841 g/mol. The highest BCUT2D eigenvalue weighted by atomic mass is 15.0. The molecule has 5 aromatic heterocycles. The fourth-order valence-corrected chi connectivity index (χ4v) is 10.9. The maximum Gasteiger partial charge on any atom is 0.0991 e. The van der Waals surface area contributed by atoms with Crippen molar-refractivity contribution in [2.45, 2.75) is 0 Å². The summed E-state index contributed by atoms with van der Waals surface area (Å²) in [5.74, 6) is 0. The molecule has 14 rings (SSSR count). The summed E-state index contributed by atoms with van der Waals surface area (Å²) < 4.78 is 9.44. The number of benzene rings is 9. The van der Waals surface area contributed by atoms with Crippen LogP contribution >= 0.6 is 0 Å². The molecule has 0 atom stereocenters. The largest absolute Gasteiger partial charge is 0.309 e. The van der Waals surface area contributed by atoms with Crippen molar-refractivity contribution in [3.8, 4) is 40.1 Å². The topological polar surface area (TPSA) is 56.4 Å². The highest BCUT2D eigenvalue weighted by Gasteiger charge is 2.23. The van der Waals surface area contributed by atoms with Crippen molar-refractivity contribution < 1.29 is 0 Å². The fourth-order valence-electron chi connectivity index (χ4n) is 10.9. The quantitative estimate of drug-likeness (QED) is 0.173. The summed E-state index contributed by atoms with van der Waals surface area (Å²) in [6, 6.07) is 78.1. The Morgan fingerprint density at radius 2 is 0.697 bits per heavy atom. The minimum absolute atomic E-state index is 0.567. The van der Waals surface area contributed by atoms with Gasteiger partial charge in [0, 0.05) is 66.2 Å². The minimum atomic E-state index is 0.567. The van der Waals surface area contributed by atoms with E-state index in [1.165, 1.54) is 43.6 Å². The Morgan fingerprint density at radius 3 is 1.14 bits per heavy atom. The summed E-state index contributed by atoms with van der Waals surface area (Å²) in [6.07, 6.45) is 1.86. The third-order valence-electron chi connectivity index (χ3n) is 13.6. The molecule has 0 aliphatic carbocycles. The van der Waals surface area contributed by atoms with E-state index in [4.69, 9.17) is 4.98 Å². The molecule has 6 heteroatoms. The van der Waals surface area contributed by atoms with Gasteiger partial charge in [-0.3, -0.25) is 4.98 Å². The van der Waals surface area contributed by atoms with Gasteiger partial charge in [0.15, 0.2) is 0 Å². The summed E-state index contributed by atoms with van der Waals surface area (Å²) in [5, 5.41) is 19.9. The lowest BCUT2D eigenvalue weighted by molar-refractivity contribution is 1.12. The second-order valence-electron chi connectivity index (χ2n) is 17.1. The molecule has 0 N–H and O–H groups in total. The molecule has 0 aliphatic rings. The maximum absolute atomic E-state index is 10.4. The van der Waals surface area contributed by atoms with E-state index in [2.05, 4.69) is 218 Å².